The maximum atomic E-state index is 13.6. The Morgan fingerprint density at radius 3 is 2.14 bits per heavy atom. The molecule has 0 atom stereocenters. The molecule has 4 nitrogen and oxygen atoms in total. The van der Waals surface area contributed by atoms with Crippen LogP contribution >= 0.6 is 0 Å². The zero-order valence-corrected chi connectivity index (χ0v) is 11.6. The van der Waals surface area contributed by atoms with Gasteiger partial charge in [-0.05, 0) is 30.7 Å². The number of benzene rings is 2. The third-order valence-electron chi connectivity index (χ3n) is 2.73. The third kappa shape index (κ3) is 3.10. The molecule has 0 radical (unpaired) electrons. The maximum Gasteiger partial charge on any atom is 0.267 e. The van der Waals surface area contributed by atoms with Crippen molar-refractivity contribution in [3.05, 3.63) is 53.3 Å². The second kappa shape index (κ2) is 5.28. The van der Waals surface area contributed by atoms with Crippen LogP contribution < -0.4 is 10.5 Å². The van der Waals surface area contributed by atoms with E-state index in [2.05, 4.69) is 0 Å². The molecule has 0 bridgehead atoms. The van der Waals surface area contributed by atoms with E-state index in [1.54, 1.807) is 6.92 Å². The van der Waals surface area contributed by atoms with E-state index >= 15 is 0 Å². The minimum absolute atomic E-state index is 0.118. The summed E-state index contributed by atoms with van der Waals surface area (Å²) in [5, 5.41) is 0. The van der Waals surface area contributed by atoms with Crippen molar-refractivity contribution in [1.29, 1.82) is 0 Å². The fourth-order valence-corrected chi connectivity index (χ4v) is 3.03. The Morgan fingerprint density at radius 1 is 1.05 bits per heavy atom. The summed E-state index contributed by atoms with van der Waals surface area (Å²) < 4.78 is 66.1. The first-order valence-corrected chi connectivity index (χ1v) is 7.22. The first-order valence-electron chi connectivity index (χ1n) is 5.74. The molecular formula is C13H11F3N2O2S. The number of sulfonamides is 1. The van der Waals surface area contributed by atoms with Crippen molar-refractivity contribution in [1.82, 2.24) is 0 Å². The Balaban J connectivity index is 2.48. The van der Waals surface area contributed by atoms with Gasteiger partial charge in [-0.1, -0.05) is 0 Å². The van der Waals surface area contributed by atoms with Crippen molar-refractivity contribution in [2.24, 2.45) is 0 Å². The highest BCUT2D eigenvalue weighted by Gasteiger charge is 2.25. The average Bonchev–Trinajstić information content (AvgIpc) is 2.30. The summed E-state index contributed by atoms with van der Waals surface area (Å²) in [4.78, 5) is -1.24. The zero-order valence-electron chi connectivity index (χ0n) is 10.8. The fourth-order valence-electron chi connectivity index (χ4n) is 1.78. The molecule has 0 saturated heterocycles. The molecule has 2 rings (SSSR count). The lowest BCUT2D eigenvalue weighted by Gasteiger charge is -2.12. The molecule has 112 valence electrons. The number of halogens is 3. The van der Waals surface area contributed by atoms with Crippen molar-refractivity contribution in [3.63, 3.8) is 0 Å². The van der Waals surface area contributed by atoms with E-state index < -0.39 is 32.4 Å². The van der Waals surface area contributed by atoms with E-state index in [1.165, 1.54) is 18.2 Å². The van der Waals surface area contributed by atoms with Crippen LogP contribution in [-0.4, -0.2) is 8.42 Å². The van der Waals surface area contributed by atoms with Gasteiger partial charge < -0.3 is 5.73 Å². The Kier molecular flexibility index (Phi) is 3.82. The van der Waals surface area contributed by atoms with Crippen LogP contribution in [0.4, 0.5) is 24.5 Å². The quantitative estimate of drug-likeness (QED) is 0.855. The molecule has 0 spiro atoms. The highest BCUT2D eigenvalue weighted by molar-refractivity contribution is 7.92. The lowest BCUT2D eigenvalue weighted by atomic mass is 10.2. The zero-order chi connectivity index (χ0) is 15.8. The SMILES string of the molecule is Cc1cc(N)ccc1NS(=O)(=O)c1c(F)cc(F)cc1F. The number of nitrogens with one attached hydrogen (secondary N) is 1. The first kappa shape index (κ1) is 15.2. The number of nitrogens with two attached hydrogens (primary N) is 1. The summed E-state index contributed by atoms with van der Waals surface area (Å²) >= 11 is 0. The van der Waals surface area contributed by atoms with Gasteiger partial charge in [-0.3, -0.25) is 4.72 Å². The first-order chi connectivity index (χ1) is 9.70. The van der Waals surface area contributed by atoms with E-state index in [0.717, 1.165) is 0 Å². The van der Waals surface area contributed by atoms with Crippen molar-refractivity contribution in [3.8, 4) is 0 Å². The van der Waals surface area contributed by atoms with Gasteiger partial charge in [0.2, 0.25) is 0 Å². The number of hydrogen-bond acceptors (Lipinski definition) is 3. The maximum absolute atomic E-state index is 13.6. The molecule has 0 unspecified atom stereocenters. The molecule has 0 aliphatic rings. The van der Waals surface area contributed by atoms with Crippen LogP contribution in [-0.2, 0) is 10.0 Å². The molecule has 0 saturated carbocycles. The lowest BCUT2D eigenvalue weighted by molar-refractivity contribution is 0.498. The van der Waals surface area contributed by atoms with Gasteiger partial charge in [0, 0.05) is 17.8 Å². The number of anilines is 2. The minimum atomic E-state index is -4.53. The summed E-state index contributed by atoms with van der Waals surface area (Å²) in [6.07, 6.45) is 0. The summed E-state index contributed by atoms with van der Waals surface area (Å²) in [7, 11) is -4.53. The number of aryl methyl sites for hydroxylation is 1. The lowest BCUT2D eigenvalue weighted by Crippen LogP contribution is -2.17. The van der Waals surface area contributed by atoms with Crippen molar-refractivity contribution < 1.29 is 21.6 Å². The standard InChI is InChI=1S/C13H11F3N2O2S/c1-7-4-9(17)2-3-12(7)18-21(19,20)13-10(15)5-8(14)6-11(13)16/h2-6,18H,17H2,1H3. The summed E-state index contributed by atoms with van der Waals surface area (Å²) in [6.45, 7) is 1.57. The Hall–Kier alpha value is -2.22. The molecule has 0 fully saturated rings. The molecule has 0 aliphatic heterocycles. The van der Waals surface area contributed by atoms with Gasteiger partial charge >= 0.3 is 0 Å². The molecule has 2 aromatic carbocycles. The monoisotopic (exact) mass is 316 g/mol. The molecule has 21 heavy (non-hydrogen) atoms. The number of rotatable bonds is 3. The van der Waals surface area contributed by atoms with E-state index in [1.807, 2.05) is 4.72 Å². The Bertz CT molecular complexity index is 784. The topological polar surface area (TPSA) is 72.2 Å². The summed E-state index contributed by atoms with van der Waals surface area (Å²) in [6, 6.07) is 4.89. The van der Waals surface area contributed by atoms with Crippen LogP contribution in [0.1, 0.15) is 5.56 Å². The minimum Gasteiger partial charge on any atom is -0.399 e. The van der Waals surface area contributed by atoms with Crippen molar-refractivity contribution >= 4 is 21.4 Å². The van der Waals surface area contributed by atoms with Crippen LogP contribution in [0.5, 0.6) is 0 Å². The summed E-state index contributed by atoms with van der Waals surface area (Å²) in [5.74, 6) is -4.21. The van der Waals surface area contributed by atoms with Crippen molar-refractivity contribution in [2.45, 2.75) is 11.8 Å². The van der Waals surface area contributed by atoms with Gasteiger partial charge in [0.1, 0.15) is 17.5 Å². The van der Waals surface area contributed by atoms with Gasteiger partial charge in [-0.2, -0.15) is 0 Å². The second-order valence-electron chi connectivity index (χ2n) is 4.38. The molecule has 2 aromatic rings. The highest BCUT2D eigenvalue weighted by Crippen LogP contribution is 2.25. The van der Waals surface area contributed by atoms with Crippen LogP contribution in [0.3, 0.4) is 0 Å². The van der Waals surface area contributed by atoms with Gasteiger partial charge in [-0.15, -0.1) is 0 Å². The Morgan fingerprint density at radius 2 is 1.62 bits per heavy atom. The highest BCUT2D eigenvalue weighted by atomic mass is 32.2. The smallest absolute Gasteiger partial charge is 0.267 e. The third-order valence-corrected chi connectivity index (χ3v) is 4.14. The molecule has 3 N–H and O–H groups in total. The molecule has 8 heteroatoms. The van der Waals surface area contributed by atoms with Crippen LogP contribution in [0.25, 0.3) is 0 Å². The molecular weight excluding hydrogens is 305 g/mol. The number of hydrogen-bond donors (Lipinski definition) is 2. The summed E-state index contributed by atoms with van der Waals surface area (Å²) in [5.41, 5.74) is 6.53. The second-order valence-corrected chi connectivity index (χ2v) is 6.00. The van der Waals surface area contributed by atoms with Crippen LogP contribution in [0.15, 0.2) is 35.2 Å². The van der Waals surface area contributed by atoms with E-state index in [9.17, 15) is 21.6 Å². The Labute approximate surface area is 119 Å². The van der Waals surface area contributed by atoms with Gasteiger partial charge in [0.05, 0.1) is 5.69 Å². The predicted molar refractivity (Wildman–Crippen MR) is 72.7 cm³/mol. The molecule has 0 heterocycles. The van der Waals surface area contributed by atoms with E-state index in [0.29, 0.717) is 23.4 Å². The molecule has 0 aliphatic carbocycles. The molecule has 0 amide bonds. The van der Waals surface area contributed by atoms with Crippen LogP contribution in [0, 0.1) is 24.4 Å². The normalized spacial score (nSPS) is 11.4. The van der Waals surface area contributed by atoms with Gasteiger partial charge in [0.15, 0.2) is 4.90 Å². The van der Waals surface area contributed by atoms with Gasteiger partial charge in [0.25, 0.3) is 10.0 Å². The van der Waals surface area contributed by atoms with E-state index in [4.69, 9.17) is 5.73 Å². The van der Waals surface area contributed by atoms with Crippen LogP contribution in [0.2, 0.25) is 0 Å². The van der Waals surface area contributed by atoms with Gasteiger partial charge in [-0.25, -0.2) is 21.6 Å². The number of nitrogen functional groups attached to an aromatic ring is 1. The predicted octanol–water partition coefficient (Wildman–Crippen LogP) is 2.80. The fraction of sp³-hybridized carbons (Fsp3) is 0.0769. The average molecular weight is 316 g/mol. The van der Waals surface area contributed by atoms with Crippen molar-refractivity contribution in [2.75, 3.05) is 10.5 Å². The molecule has 0 aromatic heterocycles. The largest absolute Gasteiger partial charge is 0.399 e. The van der Waals surface area contributed by atoms with E-state index in [-0.39, 0.29) is 5.69 Å².